The summed E-state index contributed by atoms with van der Waals surface area (Å²) in [6.45, 7) is 2.05. The molecule has 0 saturated carbocycles. The molecule has 0 aliphatic heterocycles. The summed E-state index contributed by atoms with van der Waals surface area (Å²) in [6, 6.07) is 14.0. The van der Waals surface area contributed by atoms with Gasteiger partial charge in [-0.25, -0.2) is 0 Å². The second-order valence-electron chi connectivity index (χ2n) is 4.02. The minimum atomic E-state index is 0.815. The molecule has 4 heteroatoms. The molecule has 0 spiro atoms. The molecule has 2 aromatic carbocycles. The maximum absolute atomic E-state index is 5.93. The predicted octanol–water partition coefficient (Wildman–Crippen LogP) is 5.16. The average molecular weight is 320 g/mol. The summed E-state index contributed by atoms with van der Waals surface area (Å²) in [6.07, 6.45) is 0. The third-order valence-corrected chi connectivity index (χ3v) is 4.02. The lowest BCUT2D eigenvalue weighted by Crippen LogP contribution is -1.84. The molecule has 0 bridgehead atoms. The highest BCUT2D eigenvalue weighted by Gasteiger charge is 2.09. The van der Waals surface area contributed by atoms with Crippen molar-refractivity contribution < 1.29 is 4.74 Å². The molecule has 0 amide bonds. The number of halogens is 1. The molecular weight excluding hydrogens is 310 g/mol. The van der Waals surface area contributed by atoms with Crippen molar-refractivity contribution in [2.75, 3.05) is 0 Å². The summed E-state index contributed by atoms with van der Waals surface area (Å²) in [5, 5.41) is 1.88. The average Bonchev–Trinajstić information content (AvgIpc) is 2.76. The topological polar surface area (TPSA) is 22.1 Å². The van der Waals surface area contributed by atoms with Gasteiger partial charge in [0.1, 0.15) is 5.75 Å². The van der Waals surface area contributed by atoms with Gasteiger partial charge in [0.15, 0.2) is 0 Å². The molecule has 0 N–H and O–H groups in total. The van der Waals surface area contributed by atoms with Gasteiger partial charge in [0.25, 0.3) is 0 Å². The van der Waals surface area contributed by atoms with E-state index in [4.69, 9.17) is 4.74 Å². The molecule has 3 aromatic rings. The summed E-state index contributed by atoms with van der Waals surface area (Å²) in [5.41, 5.74) is 2.17. The van der Waals surface area contributed by atoms with E-state index in [0.717, 1.165) is 26.2 Å². The Morgan fingerprint density at radius 1 is 1.17 bits per heavy atom. The van der Waals surface area contributed by atoms with E-state index in [-0.39, 0.29) is 0 Å². The van der Waals surface area contributed by atoms with E-state index in [2.05, 4.69) is 27.2 Å². The Bertz CT molecular complexity index is 708. The van der Waals surface area contributed by atoms with Crippen LogP contribution in [0.15, 0.2) is 46.9 Å². The van der Waals surface area contributed by atoms with Crippen LogP contribution in [0.5, 0.6) is 10.8 Å². The smallest absolute Gasteiger partial charge is 0.207 e. The maximum Gasteiger partial charge on any atom is 0.207 e. The van der Waals surface area contributed by atoms with Gasteiger partial charge < -0.3 is 4.74 Å². The Balaban J connectivity index is 2.01. The Kier molecular flexibility index (Phi) is 3.06. The zero-order chi connectivity index (χ0) is 12.5. The van der Waals surface area contributed by atoms with Gasteiger partial charge in [-0.3, -0.25) is 0 Å². The number of hydrogen-bond acceptors (Lipinski definition) is 3. The van der Waals surface area contributed by atoms with Crippen LogP contribution in [0.25, 0.3) is 10.9 Å². The highest BCUT2D eigenvalue weighted by molar-refractivity contribution is 9.10. The first-order valence-corrected chi connectivity index (χ1v) is 7.09. The zero-order valence-electron chi connectivity index (χ0n) is 9.68. The molecule has 0 atom stereocenters. The van der Waals surface area contributed by atoms with Crippen molar-refractivity contribution >= 4 is 38.4 Å². The van der Waals surface area contributed by atoms with Crippen molar-refractivity contribution in [2.45, 2.75) is 6.92 Å². The van der Waals surface area contributed by atoms with E-state index < -0.39 is 0 Å². The van der Waals surface area contributed by atoms with Crippen molar-refractivity contribution in [1.29, 1.82) is 0 Å². The van der Waals surface area contributed by atoms with Crippen molar-refractivity contribution in [3.63, 3.8) is 0 Å². The Morgan fingerprint density at radius 2 is 2.00 bits per heavy atom. The second-order valence-corrected chi connectivity index (χ2v) is 5.61. The van der Waals surface area contributed by atoms with Gasteiger partial charge in [0.2, 0.25) is 5.06 Å². The number of hydrogen-bond donors (Lipinski definition) is 0. The van der Waals surface area contributed by atoms with Gasteiger partial charge in [-0.1, -0.05) is 18.2 Å². The van der Waals surface area contributed by atoms with Gasteiger partial charge in [0.05, 0.1) is 15.4 Å². The van der Waals surface area contributed by atoms with Crippen LogP contribution in [0, 0.1) is 6.92 Å². The lowest BCUT2D eigenvalue weighted by atomic mass is 10.2. The highest BCUT2D eigenvalue weighted by Crippen LogP contribution is 2.36. The fourth-order valence-electron chi connectivity index (χ4n) is 1.73. The molecule has 0 unspecified atom stereocenters. The van der Waals surface area contributed by atoms with E-state index in [1.807, 2.05) is 42.5 Å². The third-order valence-electron chi connectivity index (χ3n) is 2.64. The van der Waals surface area contributed by atoms with Crippen LogP contribution in [0.3, 0.4) is 0 Å². The normalized spacial score (nSPS) is 10.8. The molecule has 1 aromatic heterocycles. The van der Waals surface area contributed by atoms with E-state index in [1.165, 1.54) is 17.1 Å². The molecule has 18 heavy (non-hydrogen) atoms. The van der Waals surface area contributed by atoms with E-state index in [9.17, 15) is 0 Å². The van der Waals surface area contributed by atoms with Crippen molar-refractivity contribution in [3.8, 4) is 10.8 Å². The first-order valence-electron chi connectivity index (χ1n) is 5.52. The van der Waals surface area contributed by atoms with Gasteiger partial charge in [-0.05, 0) is 52.7 Å². The fraction of sp³-hybridized carbons (Fsp3) is 0.0714. The number of fused-ring (bicyclic) bond motifs is 1. The quantitative estimate of drug-likeness (QED) is 0.651. The van der Waals surface area contributed by atoms with Crippen molar-refractivity contribution in [3.05, 3.63) is 52.5 Å². The lowest BCUT2D eigenvalue weighted by molar-refractivity contribution is 0.498. The summed E-state index contributed by atoms with van der Waals surface area (Å²) in [7, 11) is 0. The van der Waals surface area contributed by atoms with Crippen molar-refractivity contribution in [2.24, 2.45) is 0 Å². The minimum absolute atomic E-state index is 0.815. The Labute approximate surface area is 118 Å². The first kappa shape index (κ1) is 11.7. The van der Waals surface area contributed by atoms with Gasteiger partial charge >= 0.3 is 0 Å². The highest BCUT2D eigenvalue weighted by atomic mass is 79.9. The molecular formula is C14H10BrNOS. The monoisotopic (exact) mass is 319 g/mol. The Hall–Kier alpha value is -1.39. The van der Waals surface area contributed by atoms with Gasteiger partial charge in [-0.2, -0.15) is 4.37 Å². The van der Waals surface area contributed by atoms with E-state index in [0.29, 0.717) is 0 Å². The number of ether oxygens (including phenoxy) is 1. The van der Waals surface area contributed by atoms with Crippen LogP contribution in [-0.2, 0) is 0 Å². The molecule has 1 heterocycles. The van der Waals surface area contributed by atoms with Crippen LogP contribution in [0.4, 0.5) is 0 Å². The van der Waals surface area contributed by atoms with E-state index >= 15 is 0 Å². The predicted molar refractivity (Wildman–Crippen MR) is 78.6 cm³/mol. The summed E-state index contributed by atoms with van der Waals surface area (Å²) < 4.78 is 11.2. The van der Waals surface area contributed by atoms with Crippen LogP contribution >= 0.6 is 27.5 Å². The van der Waals surface area contributed by atoms with Crippen LogP contribution in [0.2, 0.25) is 0 Å². The summed E-state index contributed by atoms with van der Waals surface area (Å²) >= 11 is 4.89. The first-order chi connectivity index (χ1) is 8.74. The zero-order valence-corrected chi connectivity index (χ0v) is 12.1. The molecule has 3 rings (SSSR count). The number of nitrogens with zero attached hydrogens (tertiary/aromatic N) is 1. The fourth-order valence-corrected chi connectivity index (χ4v) is 3.04. The number of aryl methyl sites for hydroxylation is 1. The van der Waals surface area contributed by atoms with Gasteiger partial charge in [0, 0.05) is 11.5 Å². The number of aromatic nitrogens is 1. The molecule has 0 aliphatic rings. The minimum Gasteiger partial charge on any atom is -0.443 e. The molecule has 2 nitrogen and oxygen atoms in total. The van der Waals surface area contributed by atoms with Crippen LogP contribution in [0.1, 0.15) is 5.56 Å². The van der Waals surface area contributed by atoms with Gasteiger partial charge in [-0.15, -0.1) is 0 Å². The lowest BCUT2D eigenvalue weighted by Gasteiger charge is -2.06. The largest absolute Gasteiger partial charge is 0.443 e. The number of benzene rings is 2. The Morgan fingerprint density at radius 3 is 2.83 bits per heavy atom. The van der Waals surface area contributed by atoms with E-state index in [1.54, 1.807) is 0 Å². The molecule has 0 radical (unpaired) electrons. The molecule has 90 valence electrons. The molecule has 0 aliphatic carbocycles. The SMILES string of the molecule is Cc1ccc(Oc2snc3ccccc23)c(Br)c1. The third kappa shape index (κ3) is 2.13. The number of rotatable bonds is 2. The van der Waals surface area contributed by atoms with Crippen molar-refractivity contribution in [1.82, 2.24) is 4.37 Å². The second kappa shape index (κ2) is 4.71. The van der Waals surface area contributed by atoms with Crippen LogP contribution < -0.4 is 4.74 Å². The molecule has 0 fully saturated rings. The van der Waals surface area contributed by atoms with Crippen LogP contribution in [-0.4, -0.2) is 4.37 Å². The standard InChI is InChI=1S/C14H10BrNOS/c1-9-6-7-13(11(15)8-9)17-14-10-4-2-3-5-12(10)16-18-14/h2-8H,1H3. The summed E-state index contributed by atoms with van der Waals surface area (Å²) in [5.74, 6) is 0.815. The molecule has 0 saturated heterocycles. The maximum atomic E-state index is 5.93. The summed E-state index contributed by atoms with van der Waals surface area (Å²) in [4.78, 5) is 0.